The number of carbonyl (C=O) groups is 1. The van der Waals surface area contributed by atoms with Gasteiger partial charge in [-0.2, -0.15) is 5.10 Å². The SMILES string of the molecule is C=C(C)C(=NNC(N)=O)C(C)C. The number of nitrogens with one attached hydrogen (secondary N) is 1. The number of nitrogens with zero attached hydrogens (tertiary/aromatic N) is 1. The highest BCUT2D eigenvalue weighted by Gasteiger charge is 2.05. The summed E-state index contributed by atoms with van der Waals surface area (Å²) >= 11 is 0. The summed E-state index contributed by atoms with van der Waals surface area (Å²) in [5.41, 5.74) is 8.62. The van der Waals surface area contributed by atoms with Gasteiger partial charge in [-0.3, -0.25) is 0 Å². The summed E-state index contributed by atoms with van der Waals surface area (Å²) in [4.78, 5) is 10.3. The molecule has 0 fully saturated rings. The van der Waals surface area contributed by atoms with Gasteiger partial charge in [0.15, 0.2) is 0 Å². The third-order valence-corrected chi connectivity index (χ3v) is 1.27. The Morgan fingerprint density at radius 3 is 2.33 bits per heavy atom. The molecule has 12 heavy (non-hydrogen) atoms. The number of allylic oxidation sites excluding steroid dienone is 1. The number of primary amides is 1. The number of rotatable bonds is 3. The summed E-state index contributed by atoms with van der Waals surface area (Å²) in [5, 5.41) is 3.81. The van der Waals surface area contributed by atoms with Gasteiger partial charge >= 0.3 is 6.03 Å². The lowest BCUT2D eigenvalue weighted by Crippen LogP contribution is -2.27. The first-order valence-corrected chi connectivity index (χ1v) is 3.74. The van der Waals surface area contributed by atoms with Crippen molar-refractivity contribution >= 4 is 11.7 Å². The van der Waals surface area contributed by atoms with E-state index in [1.54, 1.807) is 0 Å². The van der Waals surface area contributed by atoms with Crippen LogP contribution in [0.2, 0.25) is 0 Å². The first-order chi connectivity index (χ1) is 5.45. The van der Waals surface area contributed by atoms with E-state index in [4.69, 9.17) is 5.73 Å². The third-order valence-electron chi connectivity index (χ3n) is 1.27. The first-order valence-electron chi connectivity index (χ1n) is 3.74. The zero-order valence-electron chi connectivity index (χ0n) is 7.72. The largest absolute Gasteiger partial charge is 0.350 e. The van der Waals surface area contributed by atoms with Gasteiger partial charge in [0.25, 0.3) is 0 Å². The summed E-state index contributed by atoms with van der Waals surface area (Å²) in [6.45, 7) is 9.50. The maximum Gasteiger partial charge on any atom is 0.332 e. The van der Waals surface area contributed by atoms with E-state index in [9.17, 15) is 4.79 Å². The number of nitrogens with two attached hydrogens (primary N) is 1. The van der Waals surface area contributed by atoms with Crippen LogP contribution >= 0.6 is 0 Å². The average molecular weight is 169 g/mol. The zero-order chi connectivity index (χ0) is 9.72. The Balaban J connectivity index is 4.40. The summed E-state index contributed by atoms with van der Waals surface area (Å²) < 4.78 is 0. The van der Waals surface area contributed by atoms with Gasteiger partial charge in [0, 0.05) is 0 Å². The number of carbonyl (C=O) groups excluding carboxylic acids is 1. The molecule has 0 saturated carbocycles. The Morgan fingerprint density at radius 2 is 2.08 bits per heavy atom. The molecule has 4 nitrogen and oxygen atoms in total. The Labute approximate surface area is 72.5 Å². The van der Waals surface area contributed by atoms with E-state index < -0.39 is 6.03 Å². The van der Waals surface area contributed by atoms with Crippen molar-refractivity contribution in [2.24, 2.45) is 16.8 Å². The van der Waals surface area contributed by atoms with Crippen LogP contribution in [-0.4, -0.2) is 11.7 Å². The van der Waals surface area contributed by atoms with Crippen molar-refractivity contribution in [1.82, 2.24) is 5.43 Å². The lowest BCUT2D eigenvalue weighted by molar-refractivity contribution is 0.249. The van der Waals surface area contributed by atoms with Gasteiger partial charge in [0.2, 0.25) is 0 Å². The normalized spacial score (nSPS) is 11.5. The molecule has 0 saturated heterocycles. The molecule has 0 aromatic rings. The van der Waals surface area contributed by atoms with Crippen molar-refractivity contribution in [3.8, 4) is 0 Å². The predicted molar refractivity (Wildman–Crippen MR) is 49.8 cm³/mol. The Morgan fingerprint density at radius 1 is 1.58 bits per heavy atom. The van der Waals surface area contributed by atoms with Crippen LogP contribution in [0.5, 0.6) is 0 Å². The molecule has 4 heteroatoms. The quantitative estimate of drug-likeness (QED) is 0.484. The Kier molecular flexibility index (Phi) is 4.04. The van der Waals surface area contributed by atoms with Gasteiger partial charge in [-0.25, -0.2) is 10.2 Å². The van der Waals surface area contributed by atoms with E-state index in [0.717, 1.165) is 11.3 Å². The second-order valence-corrected chi connectivity index (χ2v) is 2.91. The van der Waals surface area contributed by atoms with Crippen molar-refractivity contribution in [1.29, 1.82) is 0 Å². The lowest BCUT2D eigenvalue weighted by atomic mass is 10.0. The molecule has 0 unspecified atom stereocenters. The molecule has 0 aliphatic rings. The standard InChI is InChI=1S/C8H15N3O/c1-5(2)7(6(3)4)10-11-8(9)12/h6H,1H2,2-4H3,(H3,9,11,12). The topological polar surface area (TPSA) is 67.5 Å². The first kappa shape index (κ1) is 10.7. The summed E-state index contributed by atoms with van der Waals surface area (Å²) in [6, 6.07) is -0.658. The Hall–Kier alpha value is -1.32. The van der Waals surface area contributed by atoms with Crippen LogP contribution in [0.15, 0.2) is 17.3 Å². The fraction of sp³-hybridized carbons (Fsp3) is 0.500. The van der Waals surface area contributed by atoms with E-state index in [2.05, 4.69) is 17.1 Å². The highest BCUT2D eigenvalue weighted by atomic mass is 16.2. The molecule has 0 aromatic carbocycles. The molecule has 0 heterocycles. The molecular formula is C8H15N3O. The molecule has 3 N–H and O–H groups in total. The molecule has 68 valence electrons. The maximum absolute atomic E-state index is 10.3. The van der Waals surface area contributed by atoms with Crippen molar-refractivity contribution in [3.63, 3.8) is 0 Å². The molecule has 0 aromatic heterocycles. The van der Waals surface area contributed by atoms with Gasteiger partial charge in [0.05, 0.1) is 5.71 Å². The second-order valence-electron chi connectivity index (χ2n) is 2.91. The molecule has 0 aliphatic heterocycles. The minimum Gasteiger partial charge on any atom is -0.350 e. The molecule has 0 atom stereocenters. The van der Waals surface area contributed by atoms with Crippen LogP contribution < -0.4 is 11.2 Å². The molecule has 0 radical (unpaired) electrons. The van der Waals surface area contributed by atoms with Gasteiger partial charge in [-0.15, -0.1) is 0 Å². The Bertz CT molecular complexity index is 218. The fourth-order valence-corrected chi connectivity index (χ4v) is 0.833. The van der Waals surface area contributed by atoms with E-state index in [0.29, 0.717) is 0 Å². The third kappa shape index (κ3) is 3.75. The number of hydrogen-bond donors (Lipinski definition) is 2. The molecular weight excluding hydrogens is 154 g/mol. The van der Waals surface area contributed by atoms with Crippen LogP contribution in [0.4, 0.5) is 4.79 Å². The number of hydrazone groups is 1. The highest BCUT2D eigenvalue weighted by molar-refractivity contribution is 6.00. The minimum absolute atomic E-state index is 0.231. The van der Waals surface area contributed by atoms with E-state index in [1.165, 1.54) is 0 Å². The van der Waals surface area contributed by atoms with Gasteiger partial charge < -0.3 is 5.73 Å². The molecule has 0 spiro atoms. The van der Waals surface area contributed by atoms with Crippen LogP contribution in [0.1, 0.15) is 20.8 Å². The molecule has 0 bridgehead atoms. The van der Waals surface area contributed by atoms with Crippen molar-refractivity contribution in [2.45, 2.75) is 20.8 Å². The van der Waals surface area contributed by atoms with E-state index >= 15 is 0 Å². The summed E-state index contributed by atoms with van der Waals surface area (Å²) in [7, 11) is 0. The van der Waals surface area contributed by atoms with Gasteiger partial charge in [-0.1, -0.05) is 20.4 Å². The second kappa shape index (κ2) is 4.54. The summed E-state index contributed by atoms with van der Waals surface area (Å²) in [6.07, 6.45) is 0. The molecule has 2 amide bonds. The van der Waals surface area contributed by atoms with Crippen molar-refractivity contribution in [2.75, 3.05) is 0 Å². The van der Waals surface area contributed by atoms with Crippen LogP contribution in [0, 0.1) is 5.92 Å². The maximum atomic E-state index is 10.3. The number of hydrogen-bond acceptors (Lipinski definition) is 2. The van der Waals surface area contributed by atoms with Crippen molar-refractivity contribution < 1.29 is 4.79 Å². The minimum atomic E-state index is -0.658. The lowest BCUT2D eigenvalue weighted by Gasteiger charge is -2.08. The number of urea groups is 1. The zero-order valence-corrected chi connectivity index (χ0v) is 7.72. The van der Waals surface area contributed by atoms with Crippen LogP contribution in [0.25, 0.3) is 0 Å². The average Bonchev–Trinajstić information content (AvgIpc) is 1.84. The monoisotopic (exact) mass is 169 g/mol. The fourth-order valence-electron chi connectivity index (χ4n) is 0.833. The smallest absolute Gasteiger partial charge is 0.332 e. The predicted octanol–water partition coefficient (Wildman–Crippen LogP) is 1.24. The molecule has 0 aliphatic carbocycles. The molecule has 0 rings (SSSR count). The van der Waals surface area contributed by atoms with Crippen LogP contribution in [-0.2, 0) is 0 Å². The number of amides is 2. The van der Waals surface area contributed by atoms with Crippen LogP contribution in [0.3, 0.4) is 0 Å². The van der Waals surface area contributed by atoms with E-state index in [-0.39, 0.29) is 5.92 Å². The van der Waals surface area contributed by atoms with Gasteiger partial charge in [0.1, 0.15) is 0 Å². The van der Waals surface area contributed by atoms with Crippen molar-refractivity contribution in [3.05, 3.63) is 12.2 Å². The van der Waals surface area contributed by atoms with Gasteiger partial charge in [-0.05, 0) is 18.4 Å². The van der Waals surface area contributed by atoms with E-state index in [1.807, 2.05) is 20.8 Å². The summed E-state index contributed by atoms with van der Waals surface area (Å²) in [5.74, 6) is 0.231. The highest BCUT2D eigenvalue weighted by Crippen LogP contribution is 2.04.